The van der Waals surface area contributed by atoms with Crippen molar-refractivity contribution in [2.24, 2.45) is 0 Å². The van der Waals surface area contributed by atoms with Gasteiger partial charge in [0, 0.05) is 6.61 Å². The molecular formula is C20H38ClO9P. The number of ether oxygens (including phenoxy) is 4. The second-order valence-electron chi connectivity index (χ2n) is 7.17. The molecule has 0 radical (unpaired) electrons. The van der Waals surface area contributed by atoms with E-state index in [-0.39, 0.29) is 26.2 Å². The number of alkyl halides is 1. The minimum Gasteiger partial charge on any atom is -0.464 e. The SMILES string of the molecule is CCCCOC(=O)C(OCCCC)C(OC(Cl)CCC)(C(=O)OCCCC)P(=O)(O)O. The van der Waals surface area contributed by atoms with Crippen molar-refractivity contribution in [3.8, 4) is 0 Å². The minimum absolute atomic E-state index is 0.00432. The lowest BCUT2D eigenvalue weighted by atomic mass is 10.1. The third-order valence-corrected chi connectivity index (χ3v) is 6.07. The van der Waals surface area contributed by atoms with Gasteiger partial charge < -0.3 is 28.7 Å². The van der Waals surface area contributed by atoms with E-state index in [1.165, 1.54) is 0 Å². The van der Waals surface area contributed by atoms with Crippen molar-refractivity contribution >= 4 is 31.1 Å². The van der Waals surface area contributed by atoms with Gasteiger partial charge >= 0.3 is 24.9 Å². The Hall–Kier alpha value is -0.700. The Bertz CT molecular complexity index is 569. The molecule has 31 heavy (non-hydrogen) atoms. The van der Waals surface area contributed by atoms with E-state index >= 15 is 0 Å². The Labute approximate surface area is 190 Å². The molecule has 0 fully saturated rings. The van der Waals surface area contributed by atoms with Gasteiger partial charge in [-0.3, -0.25) is 4.57 Å². The Morgan fingerprint density at radius 2 is 1.42 bits per heavy atom. The van der Waals surface area contributed by atoms with E-state index in [1.54, 1.807) is 6.92 Å². The summed E-state index contributed by atoms with van der Waals surface area (Å²) in [6.45, 7) is 7.26. The van der Waals surface area contributed by atoms with E-state index in [0.717, 1.165) is 6.42 Å². The number of esters is 2. The third-order valence-electron chi connectivity index (χ3n) is 4.37. The normalized spacial score (nSPS) is 15.7. The summed E-state index contributed by atoms with van der Waals surface area (Å²) in [7, 11) is -5.49. The van der Waals surface area contributed by atoms with Crippen LogP contribution in [-0.4, -0.2) is 58.6 Å². The highest BCUT2D eigenvalue weighted by Gasteiger charge is 2.67. The Kier molecular flexibility index (Phi) is 15.6. The summed E-state index contributed by atoms with van der Waals surface area (Å²) in [6, 6.07) is 0. The van der Waals surface area contributed by atoms with Gasteiger partial charge in [-0.25, -0.2) is 9.59 Å². The zero-order chi connectivity index (χ0) is 23.9. The molecule has 0 aromatic carbocycles. The summed E-state index contributed by atoms with van der Waals surface area (Å²) >= 11 is 6.13. The molecule has 3 atom stereocenters. The van der Waals surface area contributed by atoms with Crippen LogP contribution in [0.15, 0.2) is 0 Å². The number of carbonyl (C=O) groups is 2. The quantitative estimate of drug-likeness (QED) is 0.127. The largest absolute Gasteiger partial charge is 0.464 e. The lowest BCUT2D eigenvalue weighted by Gasteiger charge is -2.37. The first-order chi connectivity index (χ1) is 14.6. The molecule has 0 saturated heterocycles. The fourth-order valence-electron chi connectivity index (χ4n) is 2.53. The number of hydrogen-bond acceptors (Lipinski definition) is 7. The molecular weight excluding hydrogens is 451 g/mol. The fraction of sp³-hybridized carbons (Fsp3) is 0.900. The molecule has 0 rings (SSSR count). The predicted molar refractivity (Wildman–Crippen MR) is 117 cm³/mol. The molecule has 0 aromatic rings. The van der Waals surface area contributed by atoms with Crippen molar-refractivity contribution in [3.63, 3.8) is 0 Å². The van der Waals surface area contributed by atoms with Gasteiger partial charge in [0.05, 0.1) is 13.2 Å². The molecule has 0 bridgehead atoms. The first kappa shape index (κ1) is 30.3. The molecule has 0 aliphatic carbocycles. The Balaban J connectivity index is 6.30. The zero-order valence-electron chi connectivity index (χ0n) is 19.0. The maximum absolute atomic E-state index is 13.0. The fourth-order valence-corrected chi connectivity index (χ4v) is 4.00. The second kappa shape index (κ2) is 16.0. The summed E-state index contributed by atoms with van der Waals surface area (Å²) in [4.78, 5) is 46.4. The number of unbranched alkanes of at least 4 members (excludes halogenated alkanes) is 3. The maximum Gasteiger partial charge on any atom is 0.372 e. The van der Waals surface area contributed by atoms with Crippen molar-refractivity contribution in [1.82, 2.24) is 0 Å². The molecule has 0 heterocycles. The van der Waals surface area contributed by atoms with Crippen LogP contribution in [0, 0.1) is 0 Å². The standard InChI is InChI=1S/C20H38ClO9P/c1-5-9-13-27-17(18(22)28-14-10-6-2)20(31(24,25)26,30-16(21)12-8-4)19(23)29-15-11-7-3/h16-17H,5-15H2,1-4H3,(H2,24,25,26). The summed E-state index contributed by atoms with van der Waals surface area (Å²) in [5.41, 5.74) is -1.27. The van der Waals surface area contributed by atoms with Gasteiger partial charge in [-0.05, 0) is 25.7 Å². The number of carbonyl (C=O) groups excluding carboxylic acids is 2. The van der Waals surface area contributed by atoms with Crippen LogP contribution >= 0.6 is 19.2 Å². The highest BCUT2D eigenvalue weighted by molar-refractivity contribution is 7.54. The zero-order valence-corrected chi connectivity index (χ0v) is 20.7. The van der Waals surface area contributed by atoms with E-state index in [9.17, 15) is 23.9 Å². The molecule has 0 aliphatic heterocycles. The summed E-state index contributed by atoms with van der Waals surface area (Å²) < 4.78 is 33.9. The van der Waals surface area contributed by atoms with E-state index in [1.807, 2.05) is 20.8 Å². The number of halogens is 1. The van der Waals surface area contributed by atoms with E-state index < -0.39 is 36.5 Å². The Morgan fingerprint density at radius 3 is 1.90 bits per heavy atom. The molecule has 0 saturated carbocycles. The van der Waals surface area contributed by atoms with Crippen LogP contribution in [0.25, 0.3) is 0 Å². The van der Waals surface area contributed by atoms with E-state index in [4.69, 9.17) is 30.5 Å². The molecule has 0 aliphatic rings. The molecule has 184 valence electrons. The van der Waals surface area contributed by atoms with Crippen molar-refractivity contribution in [2.75, 3.05) is 19.8 Å². The first-order valence-corrected chi connectivity index (χ1v) is 13.0. The van der Waals surface area contributed by atoms with Crippen molar-refractivity contribution in [3.05, 3.63) is 0 Å². The average Bonchev–Trinajstić information content (AvgIpc) is 2.69. The Morgan fingerprint density at radius 1 is 0.903 bits per heavy atom. The topological polar surface area (TPSA) is 129 Å². The molecule has 2 N–H and O–H groups in total. The highest BCUT2D eigenvalue weighted by Crippen LogP contribution is 2.56. The first-order valence-electron chi connectivity index (χ1n) is 10.9. The second-order valence-corrected chi connectivity index (χ2v) is 9.41. The van der Waals surface area contributed by atoms with Gasteiger partial charge in [0.2, 0.25) is 6.10 Å². The van der Waals surface area contributed by atoms with Gasteiger partial charge in [0.25, 0.3) is 0 Å². The van der Waals surface area contributed by atoms with Gasteiger partial charge in [0.1, 0.15) is 5.56 Å². The highest BCUT2D eigenvalue weighted by atomic mass is 35.5. The van der Waals surface area contributed by atoms with E-state index in [0.29, 0.717) is 38.5 Å². The molecule has 11 heteroatoms. The molecule has 0 amide bonds. The summed E-state index contributed by atoms with van der Waals surface area (Å²) in [5.74, 6) is -2.51. The average molecular weight is 489 g/mol. The van der Waals surface area contributed by atoms with Crippen LogP contribution in [0.5, 0.6) is 0 Å². The third kappa shape index (κ3) is 9.76. The van der Waals surface area contributed by atoms with Crippen molar-refractivity contribution in [1.29, 1.82) is 0 Å². The lowest BCUT2D eigenvalue weighted by Crippen LogP contribution is -2.58. The van der Waals surface area contributed by atoms with Crippen molar-refractivity contribution < 1.29 is 42.9 Å². The van der Waals surface area contributed by atoms with Gasteiger partial charge in [-0.1, -0.05) is 65.0 Å². The lowest BCUT2D eigenvalue weighted by molar-refractivity contribution is -0.196. The van der Waals surface area contributed by atoms with Crippen molar-refractivity contribution in [2.45, 2.75) is 96.1 Å². The minimum atomic E-state index is -5.49. The maximum atomic E-state index is 13.0. The van der Waals surface area contributed by atoms with Crippen LogP contribution in [0.3, 0.4) is 0 Å². The molecule has 3 unspecified atom stereocenters. The summed E-state index contributed by atoms with van der Waals surface area (Å²) in [6.07, 6.45) is 2.24. The van der Waals surface area contributed by atoms with E-state index in [2.05, 4.69) is 0 Å². The van der Waals surface area contributed by atoms with Crippen LogP contribution < -0.4 is 0 Å². The van der Waals surface area contributed by atoms with Crippen LogP contribution in [0.1, 0.15) is 79.1 Å². The monoisotopic (exact) mass is 488 g/mol. The summed E-state index contributed by atoms with van der Waals surface area (Å²) in [5, 5.41) is -3.07. The predicted octanol–water partition coefficient (Wildman–Crippen LogP) is 4.11. The molecule has 9 nitrogen and oxygen atoms in total. The molecule has 0 spiro atoms. The van der Waals surface area contributed by atoms with Crippen LogP contribution in [-0.2, 0) is 33.1 Å². The van der Waals surface area contributed by atoms with Gasteiger partial charge in [-0.2, -0.15) is 0 Å². The van der Waals surface area contributed by atoms with Crippen LogP contribution in [0.4, 0.5) is 0 Å². The van der Waals surface area contributed by atoms with Crippen LogP contribution in [0.2, 0.25) is 0 Å². The molecule has 0 aromatic heterocycles. The van der Waals surface area contributed by atoms with Gasteiger partial charge in [0.15, 0.2) is 0 Å². The smallest absolute Gasteiger partial charge is 0.372 e. The number of hydrogen-bond donors (Lipinski definition) is 2. The number of rotatable bonds is 18. The van der Waals surface area contributed by atoms with Gasteiger partial charge in [-0.15, -0.1) is 0 Å².